The van der Waals surface area contributed by atoms with Crippen LogP contribution in [0, 0.1) is 13.5 Å². The molecule has 0 saturated heterocycles. The molecule has 1 aromatic heterocycles. The highest BCUT2D eigenvalue weighted by atomic mass is 16.3. The molecule has 0 fully saturated rings. The smallest absolute Gasteiger partial charge is 0.162 e. The molecule has 162 valence electrons. The quantitative estimate of drug-likeness (QED) is 0.364. The lowest BCUT2D eigenvalue weighted by atomic mass is 10.1. The summed E-state index contributed by atoms with van der Waals surface area (Å²) >= 11 is 0. The van der Waals surface area contributed by atoms with E-state index < -0.39 is 0 Å². The number of hydrogen-bond acceptors (Lipinski definition) is 3. The Morgan fingerprint density at radius 2 is 1.61 bits per heavy atom. The van der Waals surface area contributed by atoms with Crippen LogP contribution in [0.1, 0.15) is 49.1 Å². The number of rotatable bonds is 11. The zero-order valence-electron chi connectivity index (χ0n) is 18.9. The summed E-state index contributed by atoms with van der Waals surface area (Å²) in [5, 5.41) is 12.8. The first-order chi connectivity index (χ1) is 15.1. The molecule has 0 aliphatic rings. The number of quaternary nitrogens is 1. The van der Waals surface area contributed by atoms with Gasteiger partial charge in [0.1, 0.15) is 13.1 Å². The number of hydrogen-bond donors (Lipinski definition) is 2. The van der Waals surface area contributed by atoms with Gasteiger partial charge in [0, 0.05) is 23.0 Å². The standard InChI is InChI=1S/C27H34N3O/c1-4-16-30(17-5-2,20-24-8-6-9-25(18-24)21-31)19-23-11-13-26(14-12-23)29-27-10-7-15-28-22(27)3/h6-15,18,29,31H,4-5,16-17,19-20H2,1-3H3/q+1. The van der Waals surface area contributed by atoms with Crippen molar-refractivity contribution in [2.45, 2.75) is 46.7 Å². The van der Waals surface area contributed by atoms with Gasteiger partial charge in [-0.1, -0.05) is 44.2 Å². The van der Waals surface area contributed by atoms with Crippen LogP contribution in [0.15, 0.2) is 66.9 Å². The van der Waals surface area contributed by atoms with E-state index in [9.17, 15) is 5.11 Å². The van der Waals surface area contributed by atoms with Crippen LogP contribution in [0.3, 0.4) is 0 Å². The lowest BCUT2D eigenvalue weighted by Crippen LogP contribution is -2.47. The average Bonchev–Trinajstić information content (AvgIpc) is 2.77. The van der Waals surface area contributed by atoms with Gasteiger partial charge in [-0.3, -0.25) is 4.98 Å². The highest BCUT2D eigenvalue weighted by Crippen LogP contribution is 2.24. The van der Waals surface area contributed by atoms with Crippen LogP contribution in [-0.4, -0.2) is 27.7 Å². The molecule has 2 aromatic carbocycles. The van der Waals surface area contributed by atoms with E-state index in [1.54, 1.807) is 0 Å². The minimum atomic E-state index is 0.740. The van der Waals surface area contributed by atoms with Crippen molar-refractivity contribution in [2.75, 3.05) is 18.4 Å². The molecule has 31 heavy (non-hydrogen) atoms. The monoisotopic (exact) mass is 416 g/mol. The fraction of sp³-hybridized carbons (Fsp3) is 0.333. The van der Waals surface area contributed by atoms with Crippen molar-refractivity contribution in [2.24, 2.45) is 0 Å². The Morgan fingerprint density at radius 3 is 2.26 bits per heavy atom. The van der Waals surface area contributed by atoms with E-state index >= 15 is 0 Å². The van der Waals surface area contributed by atoms with Crippen molar-refractivity contribution < 1.29 is 9.59 Å². The Morgan fingerprint density at radius 1 is 0.903 bits per heavy atom. The van der Waals surface area contributed by atoms with Gasteiger partial charge in [0.25, 0.3) is 0 Å². The molecule has 0 amide bonds. The van der Waals surface area contributed by atoms with Gasteiger partial charge in [0.15, 0.2) is 6.61 Å². The minimum Gasteiger partial charge on any atom is -0.378 e. The van der Waals surface area contributed by atoms with Crippen molar-refractivity contribution in [3.63, 3.8) is 0 Å². The van der Waals surface area contributed by atoms with Crippen LogP contribution in [0.25, 0.3) is 0 Å². The number of nitrogens with one attached hydrogen (secondary N) is 1. The lowest BCUT2D eigenvalue weighted by Gasteiger charge is -2.39. The molecular formula is C27H34N3O+. The highest BCUT2D eigenvalue weighted by molar-refractivity contribution is 5.61. The zero-order chi connectivity index (χ0) is 22.1. The lowest BCUT2D eigenvalue weighted by molar-refractivity contribution is -0.953. The van der Waals surface area contributed by atoms with Gasteiger partial charge in [0.05, 0.1) is 24.5 Å². The van der Waals surface area contributed by atoms with E-state index in [-0.39, 0.29) is 0 Å². The number of aliphatic hydroxyl groups excluding tert-OH is 1. The summed E-state index contributed by atoms with van der Waals surface area (Å²) in [5.41, 5.74) is 6.43. The SMILES string of the molecule is CCC[N+](CCC)(Cc1ccc(Nc2cccnc2C)cc1)Cc1cccc([C]O)c1. The van der Waals surface area contributed by atoms with Crippen LogP contribution >= 0.6 is 0 Å². The number of aliphatic hydroxyl groups is 1. The van der Waals surface area contributed by atoms with Gasteiger partial charge in [-0.05, 0) is 55.7 Å². The Balaban J connectivity index is 1.79. The molecule has 0 aliphatic carbocycles. The third kappa shape index (κ3) is 6.39. The Labute approximate surface area is 187 Å². The maximum atomic E-state index is 9.29. The maximum Gasteiger partial charge on any atom is 0.162 e. The predicted molar refractivity (Wildman–Crippen MR) is 127 cm³/mol. The summed E-state index contributed by atoms with van der Waals surface area (Å²) in [6, 6.07) is 20.9. The Bertz CT molecular complexity index is 947. The van der Waals surface area contributed by atoms with Crippen molar-refractivity contribution in [3.8, 4) is 0 Å². The first-order valence-electron chi connectivity index (χ1n) is 11.2. The fourth-order valence-corrected chi connectivity index (χ4v) is 4.41. The molecular weight excluding hydrogens is 382 g/mol. The van der Waals surface area contributed by atoms with E-state index in [1.165, 1.54) is 11.1 Å². The molecule has 0 bridgehead atoms. The second-order valence-corrected chi connectivity index (χ2v) is 8.38. The molecule has 0 saturated carbocycles. The summed E-state index contributed by atoms with van der Waals surface area (Å²) in [6.07, 6.45) is 4.09. The molecule has 3 aromatic rings. The Kier molecular flexibility index (Phi) is 8.21. The molecule has 2 N–H and O–H groups in total. The average molecular weight is 417 g/mol. The van der Waals surface area contributed by atoms with Gasteiger partial charge >= 0.3 is 0 Å². The molecule has 0 aliphatic heterocycles. The molecule has 0 spiro atoms. The van der Waals surface area contributed by atoms with Crippen LogP contribution < -0.4 is 5.32 Å². The van der Waals surface area contributed by atoms with Crippen molar-refractivity contribution in [1.29, 1.82) is 0 Å². The summed E-state index contributed by atoms with van der Waals surface area (Å²) in [4.78, 5) is 4.35. The number of benzene rings is 2. The van der Waals surface area contributed by atoms with Crippen LogP contribution in [0.4, 0.5) is 11.4 Å². The summed E-state index contributed by atoms with van der Waals surface area (Å²) in [6.45, 7) is 13.0. The normalized spacial score (nSPS) is 11.5. The van der Waals surface area contributed by atoms with E-state index in [2.05, 4.69) is 67.2 Å². The van der Waals surface area contributed by atoms with E-state index in [4.69, 9.17) is 0 Å². The third-order valence-electron chi connectivity index (χ3n) is 5.73. The second kappa shape index (κ2) is 11.1. The van der Waals surface area contributed by atoms with E-state index in [0.717, 1.165) is 66.1 Å². The van der Waals surface area contributed by atoms with Gasteiger partial charge in [0.2, 0.25) is 0 Å². The zero-order valence-corrected chi connectivity index (χ0v) is 18.9. The summed E-state index contributed by atoms with van der Waals surface area (Å²) in [7, 11) is 0. The van der Waals surface area contributed by atoms with Gasteiger partial charge in [-0.15, -0.1) is 0 Å². The number of nitrogens with zero attached hydrogens (tertiary/aromatic N) is 2. The largest absolute Gasteiger partial charge is 0.378 e. The predicted octanol–water partition coefficient (Wildman–Crippen LogP) is 6.23. The number of pyridine rings is 1. The van der Waals surface area contributed by atoms with Crippen LogP contribution in [0.5, 0.6) is 0 Å². The van der Waals surface area contributed by atoms with Crippen molar-refractivity contribution in [3.05, 3.63) is 95.9 Å². The molecule has 4 heteroatoms. The molecule has 1 heterocycles. The Hall–Kier alpha value is -2.69. The number of aromatic nitrogens is 1. The second-order valence-electron chi connectivity index (χ2n) is 8.38. The summed E-state index contributed by atoms with van der Waals surface area (Å²) < 4.78 is 1.01. The summed E-state index contributed by atoms with van der Waals surface area (Å²) in [5.74, 6) is 0. The van der Waals surface area contributed by atoms with E-state index in [0.29, 0.717) is 0 Å². The molecule has 4 nitrogen and oxygen atoms in total. The first kappa shape index (κ1) is 23.0. The van der Waals surface area contributed by atoms with Gasteiger partial charge in [-0.25, -0.2) is 0 Å². The van der Waals surface area contributed by atoms with Crippen LogP contribution in [0.2, 0.25) is 0 Å². The van der Waals surface area contributed by atoms with Crippen molar-refractivity contribution >= 4 is 11.4 Å². The third-order valence-corrected chi connectivity index (χ3v) is 5.73. The van der Waals surface area contributed by atoms with Gasteiger partial charge in [-0.2, -0.15) is 0 Å². The molecule has 2 radical (unpaired) electrons. The van der Waals surface area contributed by atoms with Gasteiger partial charge < -0.3 is 14.9 Å². The topological polar surface area (TPSA) is 45.2 Å². The van der Waals surface area contributed by atoms with Crippen molar-refractivity contribution in [1.82, 2.24) is 4.98 Å². The maximum absolute atomic E-state index is 9.29. The van der Waals surface area contributed by atoms with E-state index in [1.807, 2.05) is 37.4 Å². The van der Waals surface area contributed by atoms with Crippen LogP contribution in [-0.2, 0) is 13.1 Å². The minimum absolute atomic E-state index is 0.740. The number of aryl methyl sites for hydroxylation is 1. The molecule has 3 rings (SSSR count). The first-order valence-corrected chi connectivity index (χ1v) is 11.2. The number of anilines is 2. The molecule has 0 unspecified atom stereocenters. The molecule has 0 atom stereocenters. The fourth-order valence-electron chi connectivity index (χ4n) is 4.41. The highest BCUT2D eigenvalue weighted by Gasteiger charge is 2.27.